The number of hydrogen-bond acceptors (Lipinski definition) is 5. The first-order chi connectivity index (χ1) is 10.5. The van der Waals surface area contributed by atoms with Gasteiger partial charge in [0.1, 0.15) is 5.00 Å². The van der Waals surface area contributed by atoms with Gasteiger partial charge in [0.2, 0.25) is 5.88 Å². The van der Waals surface area contributed by atoms with Gasteiger partial charge >= 0.3 is 12.0 Å². The number of carbonyl (C=O) groups excluding carboxylic acids is 1. The Morgan fingerprint density at radius 1 is 1.27 bits per heavy atom. The SMILES string of the molecule is CCCCCCCOc1nsc(NC(=O)N(C)C)c1C(=O)O. The molecule has 2 N–H and O–H groups in total. The van der Waals surface area contributed by atoms with Gasteiger partial charge in [-0.25, -0.2) is 9.59 Å². The molecule has 0 fully saturated rings. The van der Waals surface area contributed by atoms with Crippen molar-refractivity contribution in [1.29, 1.82) is 0 Å². The van der Waals surface area contributed by atoms with E-state index in [1.807, 2.05) is 0 Å². The number of ether oxygens (including phenoxy) is 1. The summed E-state index contributed by atoms with van der Waals surface area (Å²) in [5.41, 5.74) is -0.0891. The lowest BCUT2D eigenvalue weighted by atomic mass is 10.2. The molecule has 0 unspecified atom stereocenters. The van der Waals surface area contributed by atoms with Crippen molar-refractivity contribution in [3.63, 3.8) is 0 Å². The molecule has 22 heavy (non-hydrogen) atoms. The Kier molecular flexibility index (Phi) is 7.65. The molecule has 1 heterocycles. The van der Waals surface area contributed by atoms with Gasteiger partial charge in [0.05, 0.1) is 6.61 Å². The molecule has 0 saturated carbocycles. The largest absolute Gasteiger partial charge is 0.477 e. The molecule has 0 aliphatic rings. The second-order valence-electron chi connectivity index (χ2n) is 5.08. The fourth-order valence-corrected chi connectivity index (χ4v) is 2.45. The van der Waals surface area contributed by atoms with Gasteiger partial charge in [-0.3, -0.25) is 5.32 Å². The fraction of sp³-hybridized carbons (Fsp3) is 0.643. The normalized spacial score (nSPS) is 10.3. The Bertz CT molecular complexity index is 502. The van der Waals surface area contributed by atoms with Gasteiger partial charge in [0.15, 0.2) is 5.56 Å². The van der Waals surface area contributed by atoms with E-state index in [0.717, 1.165) is 30.8 Å². The van der Waals surface area contributed by atoms with E-state index in [0.29, 0.717) is 6.61 Å². The maximum absolute atomic E-state index is 11.6. The summed E-state index contributed by atoms with van der Waals surface area (Å²) < 4.78 is 9.44. The summed E-state index contributed by atoms with van der Waals surface area (Å²) in [6, 6.07) is -0.405. The number of nitrogens with zero attached hydrogens (tertiary/aromatic N) is 2. The molecule has 1 aromatic heterocycles. The second kappa shape index (κ2) is 9.24. The minimum Gasteiger partial charge on any atom is -0.477 e. The van der Waals surface area contributed by atoms with Crippen molar-refractivity contribution in [3.8, 4) is 5.88 Å². The average Bonchev–Trinajstić information content (AvgIpc) is 2.85. The Labute approximate surface area is 134 Å². The van der Waals surface area contributed by atoms with Crippen molar-refractivity contribution in [2.75, 3.05) is 26.0 Å². The number of carboxylic acids is 1. The number of amides is 2. The summed E-state index contributed by atoms with van der Waals surface area (Å²) in [7, 11) is 3.15. The Morgan fingerprint density at radius 2 is 1.95 bits per heavy atom. The minimum absolute atomic E-state index is 0.0713. The van der Waals surface area contributed by atoms with Gasteiger partial charge in [-0.15, -0.1) is 0 Å². The minimum atomic E-state index is -1.16. The van der Waals surface area contributed by atoms with Crippen LogP contribution in [0, 0.1) is 0 Å². The number of rotatable bonds is 9. The molecule has 0 aliphatic heterocycles. The number of carbonyl (C=O) groups is 2. The fourth-order valence-electron chi connectivity index (χ4n) is 1.73. The number of aromatic carboxylic acids is 1. The smallest absolute Gasteiger partial charge is 0.344 e. The molecular weight excluding hydrogens is 306 g/mol. The summed E-state index contributed by atoms with van der Waals surface area (Å²) in [5, 5.41) is 12.0. The van der Waals surface area contributed by atoms with Crippen molar-refractivity contribution in [2.24, 2.45) is 0 Å². The van der Waals surface area contributed by atoms with E-state index in [2.05, 4.69) is 16.6 Å². The highest BCUT2D eigenvalue weighted by Crippen LogP contribution is 2.30. The molecule has 7 nitrogen and oxygen atoms in total. The van der Waals surface area contributed by atoms with E-state index < -0.39 is 12.0 Å². The summed E-state index contributed by atoms with van der Waals surface area (Å²) >= 11 is 0.908. The van der Waals surface area contributed by atoms with Crippen LogP contribution in [0.15, 0.2) is 0 Å². The third-order valence-corrected chi connectivity index (χ3v) is 3.73. The molecule has 0 bridgehead atoms. The van der Waals surface area contributed by atoms with Crippen LogP contribution in [0.25, 0.3) is 0 Å². The van der Waals surface area contributed by atoms with Crippen LogP contribution in [-0.2, 0) is 0 Å². The van der Waals surface area contributed by atoms with Crippen molar-refractivity contribution in [2.45, 2.75) is 39.0 Å². The number of urea groups is 1. The van der Waals surface area contributed by atoms with Crippen molar-refractivity contribution < 1.29 is 19.4 Å². The molecule has 1 rings (SSSR count). The first-order valence-corrected chi connectivity index (χ1v) is 8.08. The third-order valence-electron chi connectivity index (χ3n) is 2.99. The Balaban J connectivity index is 2.62. The number of carboxylic acid groups (broad SMARTS) is 1. The summed E-state index contributed by atoms with van der Waals surface area (Å²) in [6.45, 7) is 2.57. The lowest BCUT2D eigenvalue weighted by Gasteiger charge is -2.10. The number of hydrogen-bond donors (Lipinski definition) is 2. The molecular formula is C14H23N3O4S. The van der Waals surface area contributed by atoms with Crippen molar-refractivity contribution in [1.82, 2.24) is 9.27 Å². The van der Waals surface area contributed by atoms with Crippen LogP contribution in [0.3, 0.4) is 0 Å². The van der Waals surface area contributed by atoms with E-state index in [1.54, 1.807) is 14.1 Å². The molecule has 2 amide bonds. The van der Waals surface area contributed by atoms with E-state index in [-0.39, 0.29) is 16.4 Å². The van der Waals surface area contributed by atoms with Gasteiger partial charge in [-0.05, 0) is 18.0 Å². The van der Waals surface area contributed by atoms with E-state index >= 15 is 0 Å². The summed E-state index contributed by atoms with van der Waals surface area (Å²) in [5.74, 6) is -1.09. The van der Waals surface area contributed by atoms with Gasteiger partial charge in [-0.1, -0.05) is 32.6 Å². The van der Waals surface area contributed by atoms with Crippen LogP contribution in [0.4, 0.5) is 9.80 Å². The maximum Gasteiger partial charge on any atom is 0.344 e. The third kappa shape index (κ3) is 5.51. The molecule has 124 valence electrons. The molecule has 0 atom stereocenters. The van der Waals surface area contributed by atoms with Gasteiger partial charge in [0, 0.05) is 14.1 Å². The second-order valence-corrected chi connectivity index (χ2v) is 5.86. The van der Waals surface area contributed by atoms with E-state index in [9.17, 15) is 14.7 Å². The number of nitrogens with one attached hydrogen (secondary N) is 1. The summed E-state index contributed by atoms with van der Waals surface area (Å²) in [4.78, 5) is 24.3. The Hall–Kier alpha value is -1.83. The molecule has 0 spiro atoms. The van der Waals surface area contributed by atoms with Crippen LogP contribution in [0.1, 0.15) is 49.4 Å². The average molecular weight is 329 g/mol. The van der Waals surface area contributed by atoms with Crippen LogP contribution in [-0.4, -0.2) is 47.1 Å². The number of unbranched alkanes of at least 4 members (excludes halogenated alkanes) is 4. The predicted molar refractivity (Wildman–Crippen MR) is 86.0 cm³/mol. The molecule has 0 radical (unpaired) electrons. The number of aromatic nitrogens is 1. The molecule has 0 saturated heterocycles. The standard InChI is InChI=1S/C14H23N3O4S/c1-4-5-6-7-8-9-21-11-10(13(18)19)12(22-16-11)15-14(20)17(2)3/h4-9H2,1-3H3,(H,15,20)(H,18,19). The van der Waals surface area contributed by atoms with Crippen LogP contribution in [0.5, 0.6) is 5.88 Å². The van der Waals surface area contributed by atoms with Crippen molar-refractivity contribution >= 4 is 28.5 Å². The zero-order valence-electron chi connectivity index (χ0n) is 13.2. The summed E-state index contributed by atoms with van der Waals surface area (Å²) in [6.07, 6.45) is 5.41. The number of anilines is 1. The Morgan fingerprint density at radius 3 is 2.55 bits per heavy atom. The molecule has 0 aliphatic carbocycles. The van der Waals surface area contributed by atoms with Gasteiger partial charge < -0.3 is 14.7 Å². The first kappa shape index (κ1) is 18.2. The molecule has 0 aromatic carbocycles. The monoisotopic (exact) mass is 329 g/mol. The quantitative estimate of drug-likeness (QED) is 0.678. The predicted octanol–water partition coefficient (Wildman–Crippen LogP) is 3.28. The highest BCUT2D eigenvalue weighted by molar-refractivity contribution is 7.11. The van der Waals surface area contributed by atoms with Crippen LogP contribution >= 0.6 is 11.5 Å². The van der Waals surface area contributed by atoms with Crippen LogP contribution < -0.4 is 10.1 Å². The highest BCUT2D eigenvalue weighted by Gasteiger charge is 2.23. The highest BCUT2D eigenvalue weighted by atomic mass is 32.1. The lowest BCUT2D eigenvalue weighted by molar-refractivity contribution is 0.0693. The molecule has 1 aromatic rings. The maximum atomic E-state index is 11.6. The zero-order chi connectivity index (χ0) is 16.5. The molecule has 8 heteroatoms. The van der Waals surface area contributed by atoms with E-state index in [4.69, 9.17) is 4.74 Å². The van der Waals surface area contributed by atoms with Crippen LogP contribution in [0.2, 0.25) is 0 Å². The first-order valence-electron chi connectivity index (χ1n) is 7.31. The van der Waals surface area contributed by atoms with Crippen molar-refractivity contribution in [3.05, 3.63) is 5.56 Å². The van der Waals surface area contributed by atoms with Gasteiger partial charge in [-0.2, -0.15) is 4.37 Å². The van der Waals surface area contributed by atoms with Gasteiger partial charge in [0.25, 0.3) is 0 Å². The topological polar surface area (TPSA) is 91.8 Å². The van der Waals surface area contributed by atoms with E-state index in [1.165, 1.54) is 17.7 Å². The lowest BCUT2D eigenvalue weighted by Crippen LogP contribution is -2.27. The zero-order valence-corrected chi connectivity index (χ0v) is 14.0.